The molecule has 1 atom stereocenters. The van der Waals surface area contributed by atoms with Gasteiger partial charge in [-0.05, 0) is 30.2 Å². The predicted molar refractivity (Wildman–Crippen MR) is 129 cm³/mol. The van der Waals surface area contributed by atoms with Crippen molar-refractivity contribution in [2.75, 3.05) is 5.32 Å². The number of carbonyl (C=O) groups is 1. The number of amides is 1. The van der Waals surface area contributed by atoms with E-state index in [0.717, 1.165) is 28.0 Å². The average molecular weight is 499 g/mol. The van der Waals surface area contributed by atoms with E-state index in [4.69, 9.17) is 11.6 Å². The number of benzene rings is 3. The third kappa shape index (κ3) is 5.45. The van der Waals surface area contributed by atoms with Crippen LogP contribution in [0.2, 0.25) is 5.02 Å². The normalized spacial score (nSPS) is 12.3. The van der Waals surface area contributed by atoms with Gasteiger partial charge in [-0.15, -0.1) is 10.2 Å². The lowest BCUT2D eigenvalue weighted by Gasteiger charge is -2.19. The summed E-state index contributed by atoms with van der Waals surface area (Å²) in [6, 6.07) is 22.8. The first kappa shape index (κ1) is 23.1. The Kier molecular flexibility index (Phi) is 6.85. The maximum atomic E-state index is 13.1. The third-order valence-corrected chi connectivity index (χ3v) is 7.75. The van der Waals surface area contributed by atoms with Crippen LogP contribution in [0.4, 0.5) is 5.13 Å². The molecule has 4 aromatic rings. The van der Waals surface area contributed by atoms with E-state index < -0.39 is 22.0 Å². The zero-order valence-corrected chi connectivity index (χ0v) is 19.8. The van der Waals surface area contributed by atoms with E-state index in [-0.39, 0.29) is 20.1 Å². The Morgan fingerprint density at radius 2 is 1.55 bits per heavy atom. The molecule has 168 valence electrons. The number of aryl methyl sites for hydroxylation is 1. The number of nitrogens with zero attached hydrogens (tertiary/aromatic N) is 2. The smallest absolute Gasteiger partial charge is 0.270 e. The van der Waals surface area contributed by atoms with Crippen molar-refractivity contribution in [2.45, 2.75) is 17.3 Å². The van der Waals surface area contributed by atoms with Gasteiger partial charge in [-0.1, -0.05) is 95.2 Å². The molecule has 3 aromatic carbocycles. The average Bonchev–Trinajstić information content (AvgIpc) is 3.28. The van der Waals surface area contributed by atoms with Crippen molar-refractivity contribution in [3.63, 3.8) is 0 Å². The predicted octanol–water partition coefficient (Wildman–Crippen LogP) is 4.82. The zero-order valence-electron chi connectivity index (χ0n) is 17.4. The number of aromatic nitrogens is 2. The van der Waals surface area contributed by atoms with Crippen LogP contribution < -0.4 is 10.0 Å². The first-order valence-corrected chi connectivity index (χ1v) is 12.5. The lowest BCUT2D eigenvalue weighted by Crippen LogP contribution is -2.29. The van der Waals surface area contributed by atoms with Crippen molar-refractivity contribution >= 4 is 44.0 Å². The summed E-state index contributed by atoms with van der Waals surface area (Å²) >= 11 is 6.80. The van der Waals surface area contributed by atoms with Crippen LogP contribution in [0.15, 0.2) is 83.2 Å². The van der Waals surface area contributed by atoms with Crippen molar-refractivity contribution in [3.8, 4) is 0 Å². The highest BCUT2D eigenvalue weighted by molar-refractivity contribution is 7.91. The molecule has 0 saturated heterocycles. The summed E-state index contributed by atoms with van der Waals surface area (Å²) in [5, 5.41) is 10.5. The number of sulfonamides is 1. The number of hydrogen-bond donors (Lipinski definition) is 2. The van der Waals surface area contributed by atoms with Crippen LogP contribution in [0.5, 0.6) is 0 Å². The van der Waals surface area contributed by atoms with Crippen LogP contribution in [0, 0.1) is 6.92 Å². The first-order chi connectivity index (χ1) is 15.8. The minimum Gasteiger partial charge on any atom is -0.296 e. The molecule has 0 aliphatic heterocycles. The van der Waals surface area contributed by atoms with Crippen LogP contribution >= 0.6 is 22.9 Å². The molecule has 0 radical (unpaired) electrons. The van der Waals surface area contributed by atoms with E-state index in [1.54, 1.807) is 24.3 Å². The summed E-state index contributed by atoms with van der Waals surface area (Å²) in [5.41, 5.74) is 2.88. The standard InChI is InChI=1S/C23H19ClN4O3S2/c1-15-11-13-17(14-12-15)20(16-7-3-2-4-8-16)28-33(30,31)23-27-26-22(32-23)25-21(29)18-9-5-6-10-19(18)24/h2-14,20,28H,1H3,(H,25,26,29)/t20-/m1/s1. The van der Waals surface area contributed by atoms with E-state index in [1.807, 2.05) is 61.5 Å². The molecule has 33 heavy (non-hydrogen) atoms. The van der Waals surface area contributed by atoms with Crippen LogP contribution in [-0.4, -0.2) is 24.5 Å². The van der Waals surface area contributed by atoms with Crippen molar-refractivity contribution < 1.29 is 13.2 Å². The van der Waals surface area contributed by atoms with Crippen LogP contribution in [0.25, 0.3) is 0 Å². The second-order valence-electron chi connectivity index (χ2n) is 7.18. The molecule has 0 bridgehead atoms. The first-order valence-electron chi connectivity index (χ1n) is 9.87. The van der Waals surface area contributed by atoms with Crippen molar-refractivity contribution in [3.05, 3.63) is 106 Å². The largest absolute Gasteiger partial charge is 0.296 e. The molecule has 0 aliphatic carbocycles. The second kappa shape index (κ2) is 9.80. The molecule has 4 rings (SSSR count). The van der Waals surface area contributed by atoms with Gasteiger partial charge in [-0.25, -0.2) is 8.42 Å². The molecule has 0 unspecified atom stereocenters. The molecule has 0 fully saturated rings. The second-order valence-corrected chi connectivity index (χ2v) is 10.5. The number of nitrogens with one attached hydrogen (secondary N) is 2. The molecule has 7 nitrogen and oxygen atoms in total. The fraction of sp³-hybridized carbons (Fsp3) is 0.0870. The molecule has 1 amide bonds. The number of carbonyl (C=O) groups excluding carboxylic acids is 1. The van der Waals surface area contributed by atoms with Gasteiger partial charge in [0.05, 0.1) is 16.6 Å². The molecular weight excluding hydrogens is 480 g/mol. The van der Waals surface area contributed by atoms with Crippen molar-refractivity contribution in [1.82, 2.24) is 14.9 Å². The number of rotatable bonds is 7. The Morgan fingerprint density at radius 3 is 2.24 bits per heavy atom. The third-order valence-electron chi connectivity index (χ3n) is 4.79. The highest BCUT2D eigenvalue weighted by atomic mass is 35.5. The van der Waals surface area contributed by atoms with Gasteiger partial charge in [0.2, 0.25) is 9.47 Å². The lowest BCUT2D eigenvalue weighted by atomic mass is 9.99. The monoisotopic (exact) mass is 498 g/mol. The quantitative estimate of drug-likeness (QED) is 0.356. The Hall–Kier alpha value is -3.11. The van der Waals surface area contributed by atoms with E-state index in [0.29, 0.717) is 0 Å². The Labute approximate surface area is 200 Å². The van der Waals surface area contributed by atoms with Gasteiger partial charge in [0.15, 0.2) is 0 Å². The van der Waals surface area contributed by atoms with Crippen molar-refractivity contribution in [1.29, 1.82) is 0 Å². The van der Waals surface area contributed by atoms with E-state index in [9.17, 15) is 13.2 Å². The molecule has 0 aliphatic rings. The summed E-state index contributed by atoms with van der Waals surface area (Å²) in [5.74, 6) is -0.504. The lowest BCUT2D eigenvalue weighted by molar-refractivity contribution is 0.102. The van der Waals surface area contributed by atoms with Gasteiger partial charge in [0, 0.05) is 0 Å². The molecule has 0 spiro atoms. The van der Waals surface area contributed by atoms with Gasteiger partial charge in [-0.2, -0.15) is 4.72 Å². The molecular formula is C23H19ClN4O3S2. The van der Waals surface area contributed by atoms with Gasteiger partial charge < -0.3 is 0 Å². The fourth-order valence-corrected chi connectivity index (χ4v) is 5.46. The summed E-state index contributed by atoms with van der Waals surface area (Å²) in [6.45, 7) is 1.96. The van der Waals surface area contributed by atoms with Crippen LogP contribution in [0.1, 0.15) is 33.1 Å². The molecule has 1 heterocycles. The summed E-state index contributed by atoms with van der Waals surface area (Å²) in [4.78, 5) is 12.4. The van der Waals surface area contributed by atoms with E-state index in [1.165, 1.54) is 0 Å². The molecule has 1 aromatic heterocycles. The maximum Gasteiger partial charge on any atom is 0.270 e. The Morgan fingerprint density at radius 1 is 0.909 bits per heavy atom. The van der Waals surface area contributed by atoms with Crippen LogP contribution in [0.3, 0.4) is 0 Å². The topological polar surface area (TPSA) is 101 Å². The maximum absolute atomic E-state index is 13.1. The van der Waals surface area contributed by atoms with Gasteiger partial charge in [0.1, 0.15) is 0 Å². The molecule has 2 N–H and O–H groups in total. The highest BCUT2D eigenvalue weighted by Crippen LogP contribution is 2.27. The number of halogens is 1. The molecule has 10 heteroatoms. The van der Waals surface area contributed by atoms with Crippen molar-refractivity contribution in [2.24, 2.45) is 0 Å². The Balaban J connectivity index is 1.58. The van der Waals surface area contributed by atoms with Gasteiger partial charge in [-0.3, -0.25) is 10.1 Å². The van der Waals surface area contributed by atoms with E-state index in [2.05, 4.69) is 20.2 Å². The number of anilines is 1. The number of hydrogen-bond acceptors (Lipinski definition) is 6. The van der Waals surface area contributed by atoms with Gasteiger partial charge >= 0.3 is 0 Å². The highest BCUT2D eigenvalue weighted by Gasteiger charge is 2.27. The minimum atomic E-state index is -4.04. The summed E-state index contributed by atoms with van der Waals surface area (Å²) in [6.07, 6.45) is 0. The molecule has 0 saturated carbocycles. The van der Waals surface area contributed by atoms with Crippen LogP contribution in [-0.2, 0) is 10.0 Å². The summed E-state index contributed by atoms with van der Waals surface area (Å²) < 4.78 is 28.7. The minimum absolute atomic E-state index is 0.0480. The summed E-state index contributed by atoms with van der Waals surface area (Å²) in [7, 11) is -4.04. The SMILES string of the molecule is Cc1ccc([C@H](NS(=O)(=O)c2nnc(NC(=O)c3ccccc3Cl)s2)c2ccccc2)cc1. The fourth-order valence-electron chi connectivity index (χ4n) is 3.12. The van der Waals surface area contributed by atoms with E-state index >= 15 is 0 Å². The zero-order chi connectivity index (χ0) is 23.4. The Bertz CT molecular complexity index is 1370. The van der Waals surface area contributed by atoms with Gasteiger partial charge in [0.25, 0.3) is 15.9 Å².